The van der Waals surface area contributed by atoms with Crippen LogP contribution in [0, 0.1) is 5.92 Å². The first-order valence-corrected chi connectivity index (χ1v) is 7.55. The summed E-state index contributed by atoms with van der Waals surface area (Å²) in [6.07, 6.45) is 4.03. The molecule has 0 unspecified atom stereocenters. The molecule has 0 bridgehead atoms. The number of fused-ring (bicyclic) bond motifs is 1. The van der Waals surface area contributed by atoms with Crippen molar-refractivity contribution in [1.29, 1.82) is 0 Å². The van der Waals surface area contributed by atoms with Gasteiger partial charge in [-0.05, 0) is 44.0 Å². The van der Waals surface area contributed by atoms with Crippen LogP contribution in [0.25, 0.3) is 10.9 Å². The van der Waals surface area contributed by atoms with Crippen molar-refractivity contribution in [2.24, 2.45) is 5.92 Å². The Morgan fingerprint density at radius 2 is 2.05 bits per heavy atom. The summed E-state index contributed by atoms with van der Waals surface area (Å²) in [4.78, 5) is 18.9. The quantitative estimate of drug-likeness (QED) is 0.940. The van der Waals surface area contributed by atoms with Crippen LogP contribution in [0.4, 0.5) is 0 Å². The van der Waals surface area contributed by atoms with E-state index >= 15 is 0 Å². The molecule has 0 aliphatic carbocycles. The van der Waals surface area contributed by atoms with Crippen LogP contribution in [0.3, 0.4) is 0 Å². The third-order valence-corrected chi connectivity index (χ3v) is 4.20. The van der Waals surface area contributed by atoms with Gasteiger partial charge in [0.25, 0.3) is 5.91 Å². The lowest BCUT2D eigenvalue weighted by molar-refractivity contribution is 0.0764. The van der Waals surface area contributed by atoms with Gasteiger partial charge in [0.1, 0.15) is 0 Å². The Morgan fingerprint density at radius 1 is 1.29 bits per heavy atom. The van der Waals surface area contributed by atoms with E-state index in [-0.39, 0.29) is 5.91 Å². The second-order valence-corrected chi connectivity index (χ2v) is 5.76. The molecule has 2 heterocycles. The summed E-state index contributed by atoms with van der Waals surface area (Å²) in [5.41, 5.74) is 1.49. The fourth-order valence-corrected chi connectivity index (χ4v) is 3.02. The fourth-order valence-electron chi connectivity index (χ4n) is 3.02. The lowest BCUT2D eigenvalue weighted by Gasteiger charge is -2.27. The maximum absolute atomic E-state index is 12.7. The van der Waals surface area contributed by atoms with Gasteiger partial charge >= 0.3 is 0 Å². The standard InChI is InChI=1S/C17H21N3O/c1-20(12-13-7-10-18-11-8-13)17(21)15-6-2-4-14-5-3-9-19-16(14)15/h2-6,9,13,18H,7-8,10-12H2,1H3. The predicted molar refractivity (Wildman–Crippen MR) is 84.3 cm³/mol. The Morgan fingerprint density at radius 3 is 2.86 bits per heavy atom. The molecule has 0 atom stereocenters. The highest BCUT2D eigenvalue weighted by molar-refractivity contribution is 6.05. The van der Waals surface area contributed by atoms with Crippen molar-refractivity contribution in [3.8, 4) is 0 Å². The van der Waals surface area contributed by atoms with Crippen LogP contribution < -0.4 is 5.32 Å². The number of amides is 1. The molecule has 1 aromatic carbocycles. The first-order chi connectivity index (χ1) is 10.3. The van der Waals surface area contributed by atoms with Gasteiger partial charge in [-0.1, -0.05) is 18.2 Å². The van der Waals surface area contributed by atoms with Gasteiger partial charge in [-0.25, -0.2) is 0 Å². The van der Waals surface area contributed by atoms with E-state index in [1.54, 1.807) is 6.20 Å². The van der Waals surface area contributed by atoms with Gasteiger partial charge in [0.15, 0.2) is 0 Å². The Labute approximate surface area is 125 Å². The van der Waals surface area contributed by atoms with E-state index in [0.717, 1.165) is 43.4 Å². The molecule has 110 valence electrons. The van der Waals surface area contributed by atoms with Gasteiger partial charge in [-0.3, -0.25) is 9.78 Å². The molecule has 1 N–H and O–H groups in total. The van der Waals surface area contributed by atoms with Gasteiger partial charge in [0.2, 0.25) is 0 Å². The zero-order valence-corrected chi connectivity index (χ0v) is 12.4. The number of carbonyl (C=O) groups is 1. The number of hydrogen-bond acceptors (Lipinski definition) is 3. The number of nitrogens with one attached hydrogen (secondary N) is 1. The monoisotopic (exact) mass is 283 g/mol. The van der Waals surface area contributed by atoms with E-state index in [4.69, 9.17) is 0 Å². The molecule has 4 nitrogen and oxygen atoms in total. The van der Waals surface area contributed by atoms with Crippen molar-refractivity contribution >= 4 is 16.8 Å². The summed E-state index contributed by atoms with van der Waals surface area (Å²) < 4.78 is 0. The Kier molecular flexibility index (Phi) is 4.15. The van der Waals surface area contributed by atoms with Crippen LogP contribution >= 0.6 is 0 Å². The Balaban J connectivity index is 1.79. The van der Waals surface area contributed by atoms with Crippen molar-refractivity contribution in [3.63, 3.8) is 0 Å². The molecular weight excluding hydrogens is 262 g/mol. The second-order valence-electron chi connectivity index (χ2n) is 5.76. The number of aromatic nitrogens is 1. The highest BCUT2D eigenvalue weighted by Gasteiger charge is 2.20. The summed E-state index contributed by atoms with van der Waals surface area (Å²) >= 11 is 0. The molecule has 2 aromatic rings. The number of benzene rings is 1. The summed E-state index contributed by atoms with van der Waals surface area (Å²) in [5.74, 6) is 0.668. The number of pyridine rings is 1. The van der Waals surface area contributed by atoms with Crippen LogP contribution in [0.5, 0.6) is 0 Å². The van der Waals surface area contributed by atoms with E-state index in [9.17, 15) is 4.79 Å². The van der Waals surface area contributed by atoms with E-state index in [2.05, 4.69) is 10.3 Å². The van der Waals surface area contributed by atoms with Crippen LogP contribution in [-0.4, -0.2) is 42.5 Å². The molecule has 0 radical (unpaired) electrons. The maximum Gasteiger partial charge on any atom is 0.255 e. The summed E-state index contributed by atoms with van der Waals surface area (Å²) in [6.45, 7) is 2.94. The summed E-state index contributed by atoms with van der Waals surface area (Å²) in [6, 6.07) is 9.68. The summed E-state index contributed by atoms with van der Waals surface area (Å²) in [7, 11) is 1.89. The van der Waals surface area contributed by atoms with Gasteiger partial charge in [0.05, 0.1) is 11.1 Å². The fraction of sp³-hybridized carbons (Fsp3) is 0.412. The average molecular weight is 283 g/mol. The van der Waals surface area contributed by atoms with Crippen molar-refractivity contribution in [2.45, 2.75) is 12.8 Å². The zero-order valence-electron chi connectivity index (χ0n) is 12.4. The molecule has 1 amide bonds. The molecule has 21 heavy (non-hydrogen) atoms. The van der Waals surface area contributed by atoms with E-state index < -0.39 is 0 Å². The SMILES string of the molecule is CN(CC1CCNCC1)C(=O)c1cccc2cccnc12. The van der Waals surface area contributed by atoms with E-state index in [1.165, 1.54) is 0 Å². The molecule has 1 fully saturated rings. The van der Waals surface area contributed by atoms with Crippen molar-refractivity contribution in [1.82, 2.24) is 15.2 Å². The topological polar surface area (TPSA) is 45.2 Å². The normalized spacial score (nSPS) is 16.0. The molecule has 4 heteroatoms. The lowest BCUT2D eigenvalue weighted by Crippen LogP contribution is -2.37. The summed E-state index contributed by atoms with van der Waals surface area (Å²) in [5, 5.41) is 4.37. The van der Waals surface area contributed by atoms with Gasteiger partial charge in [-0.15, -0.1) is 0 Å². The molecule has 0 saturated carbocycles. The van der Waals surface area contributed by atoms with Crippen LogP contribution in [-0.2, 0) is 0 Å². The molecule has 1 aromatic heterocycles. The molecular formula is C17H21N3O. The van der Waals surface area contributed by atoms with Crippen molar-refractivity contribution in [2.75, 3.05) is 26.7 Å². The number of nitrogens with zero attached hydrogens (tertiary/aromatic N) is 2. The average Bonchev–Trinajstić information content (AvgIpc) is 2.54. The molecule has 1 aliphatic rings. The first-order valence-electron chi connectivity index (χ1n) is 7.55. The molecule has 1 saturated heterocycles. The van der Waals surface area contributed by atoms with Gasteiger partial charge < -0.3 is 10.2 Å². The zero-order chi connectivity index (χ0) is 14.7. The third kappa shape index (κ3) is 3.05. The molecule has 1 aliphatic heterocycles. The Hall–Kier alpha value is -1.94. The van der Waals surface area contributed by atoms with E-state index in [1.807, 2.05) is 42.3 Å². The maximum atomic E-state index is 12.7. The smallest absolute Gasteiger partial charge is 0.255 e. The number of para-hydroxylation sites is 1. The predicted octanol–water partition coefficient (Wildman–Crippen LogP) is 2.31. The first kappa shape index (κ1) is 14.0. The van der Waals surface area contributed by atoms with Crippen LogP contribution in [0.1, 0.15) is 23.2 Å². The highest BCUT2D eigenvalue weighted by Crippen LogP contribution is 2.19. The molecule has 3 rings (SSSR count). The van der Waals surface area contributed by atoms with Crippen molar-refractivity contribution in [3.05, 3.63) is 42.1 Å². The van der Waals surface area contributed by atoms with Crippen LogP contribution in [0.2, 0.25) is 0 Å². The van der Waals surface area contributed by atoms with Gasteiger partial charge in [-0.2, -0.15) is 0 Å². The number of carbonyl (C=O) groups excluding carboxylic acids is 1. The van der Waals surface area contributed by atoms with Gasteiger partial charge in [0, 0.05) is 25.2 Å². The minimum Gasteiger partial charge on any atom is -0.341 e. The van der Waals surface area contributed by atoms with Crippen LogP contribution in [0.15, 0.2) is 36.5 Å². The largest absolute Gasteiger partial charge is 0.341 e. The van der Waals surface area contributed by atoms with E-state index in [0.29, 0.717) is 11.5 Å². The number of rotatable bonds is 3. The minimum atomic E-state index is 0.0674. The minimum absolute atomic E-state index is 0.0674. The Bertz CT molecular complexity index is 629. The number of piperidine rings is 1. The highest BCUT2D eigenvalue weighted by atomic mass is 16.2. The third-order valence-electron chi connectivity index (χ3n) is 4.20. The molecule has 0 spiro atoms. The second kappa shape index (κ2) is 6.22. The number of hydrogen-bond donors (Lipinski definition) is 1. The van der Waals surface area contributed by atoms with Crippen molar-refractivity contribution < 1.29 is 4.79 Å². The lowest BCUT2D eigenvalue weighted by atomic mass is 9.97.